The minimum atomic E-state index is 0.272. The molecule has 0 heterocycles. The van der Waals surface area contributed by atoms with Crippen LogP contribution in [-0.2, 0) is 0 Å². The molecule has 13 heavy (non-hydrogen) atoms. The van der Waals surface area contributed by atoms with Crippen LogP contribution >= 0.6 is 0 Å². The van der Waals surface area contributed by atoms with Crippen LogP contribution < -0.4 is 0 Å². The summed E-state index contributed by atoms with van der Waals surface area (Å²) in [4.78, 5) is 0. The molecule has 0 aromatic heterocycles. The molecular formula is C12H18O. The molecule has 1 aromatic carbocycles. The van der Waals surface area contributed by atoms with Gasteiger partial charge in [-0.1, -0.05) is 30.7 Å². The predicted molar refractivity (Wildman–Crippen MR) is 56.0 cm³/mol. The lowest BCUT2D eigenvalue weighted by Crippen LogP contribution is -1.99. The van der Waals surface area contributed by atoms with E-state index in [-0.39, 0.29) is 6.61 Å². The molecule has 0 amide bonds. The summed E-state index contributed by atoms with van der Waals surface area (Å²) in [7, 11) is 0. The number of rotatable bonds is 3. The Hall–Kier alpha value is -0.820. The van der Waals surface area contributed by atoms with E-state index in [1.165, 1.54) is 16.7 Å². The number of aliphatic hydroxyl groups excluding tert-OH is 1. The van der Waals surface area contributed by atoms with E-state index in [0.717, 1.165) is 6.42 Å². The van der Waals surface area contributed by atoms with Crippen molar-refractivity contribution < 1.29 is 5.11 Å². The third-order valence-corrected chi connectivity index (χ3v) is 2.53. The van der Waals surface area contributed by atoms with Crippen molar-refractivity contribution in [3.63, 3.8) is 0 Å². The summed E-state index contributed by atoms with van der Waals surface area (Å²) in [6, 6.07) is 6.50. The molecule has 1 rings (SSSR count). The Morgan fingerprint density at radius 2 is 2.00 bits per heavy atom. The summed E-state index contributed by atoms with van der Waals surface area (Å²) in [5, 5.41) is 8.86. The predicted octanol–water partition coefficient (Wildman–Crippen LogP) is 2.79. The molecule has 1 N–H and O–H groups in total. The smallest absolute Gasteiger partial charge is 0.0436 e. The number of hydrogen-bond acceptors (Lipinski definition) is 1. The average Bonchev–Trinajstić information content (AvgIpc) is 2.09. The van der Waals surface area contributed by atoms with E-state index >= 15 is 0 Å². The molecule has 0 radical (unpaired) electrons. The molecule has 1 atom stereocenters. The van der Waals surface area contributed by atoms with Gasteiger partial charge in [-0.3, -0.25) is 0 Å². The molecule has 0 bridgehead atoms. The lowest BCUT2D eigenvalue weighted by Gasteiger charge is -2.13. The van der Waals surface area contributed by atoms with Gasteiger partial charge >= 0.3 is 0 Å². The first-order chi connectivity index (χ1) is 6.15. The first-order valence-corrected chi connectivity index (χ1v) is 4.83. The maximum atomic E-state index is 8.86. The first-order valence-electron chi connectivity index (χ1n) is 4.83. The standard InChI is InChI=1S/C12H18O/c1-9-4-5-10(2)12(8-9)11(3)6-7-13/h4-5,8,11,13H,6-7H2,1-3H3. The highest BCUT2D eigenvalue weighted by atomic mass is 16.3. The SMILES string of the molecule is Cc1ccc(C)c(C(C)CCO)c1. The topological polar surface area (TPSA) is 20.2 Å². The molecule has 0 saturated heterocycles. The fraction of sp³-hybridized carbons (Fsp3) is 0.500. The molecule has 1 aromatic rings. The van der Waals surface area contributed by atoms with E-state index in [0.29, 0.717) is 5.92 Å². The maximum absolute atomic E-state index is 8.86. The van der Waals surface area contributed by atoms with Gasteiger partial charge in [0.25, 0.3) is 0 Å². The van der Waals surface area contributed by atoms with E-state index in [2.05, 4.69) is 39.0 Å². The molecule has 72 valence electrons. The van der Waals surface area contributed by atoms with Crippen LogP contribution in [0, 0.1) is 13.8 Å². The Morgan fingerprint density at radius 1 is 1.31 bits per heavy atom. The van der Waals surface area contributed by atoms with Gasteiger partial charge in [0.1, 0.15) is 0 Å². The van der Waals surface area contributed by atoms with Crippen molar-refractivity contribution in [2.45, 2.75) is 33.1 Å². The third-order valence-electron chi connectivity index (χ3n) is 2.53. The summed E-state index contributed by atoms with van der Waals surface area (Å²) in [6.07, 6.45) is 0.851. The van der Waals surface area contributed by atoms with E-state index in [4.69, 9.17) is 5.11 Å². The minimum absolute atomic E-state index is 0.272. The van der Waals surface area contributed by atoms with Crippen LogP contribution in [0.5, 0.6) is 0 Å². The van der Waals surface area contributed by atoms with Crippen LogP contribution in [-0.4, -0.2) is 11.7 Å². The van der Waals surface area contributed by atoms with Crippen LogP contribution in [0.3, 0.4) is 0 Å². The van der Waals surface area contributed by atoms with Crippen LogP contribution in [0.25, 0.3) is 0 Å². The van der Waals surface area contributed by atoms with Crippen LogP contribution in [0.4, 0.5) is 0 Å². The normalized spacial score (nSPS) is 12.9. The minimum Gasteiger partial charge on any atom is -0.396 e. The van der Waals surface area contributed by atoms with Gasteiger partial charge in [0.15, 0.2) is 0 Å². The summed E-state index contributed by atoms with van der Waals surface area (Å²) in [5.41, 5.74) is 3.99. The molecule has 1 nitrogen and oxygen atoms in total. The Balaban J connectivity index is 2.91. The van der Waals surface area contributed by atoms with Gasteiger partial charge in [0, 0.05) is 6.61 Å². The van der Waals surface area contributed by atoms with Crippen LogP contribution in [0.1, 0.15) is 36.0 Å². The molecule has 1 heteroatoms. The highest BCUT2D eigenvalue weighted by Gasteiger charge is 2.07. The molecule has 0 saturated carbocycles. The first kappa shape index (κ1) is 10.3. The summed E-state index contributed by atoms with van der Waals surface area (Å²) in [5.74, 6) is 0.463. The van der Waals surface area contributed by atoms with Gasteiger partial charge in [-0.05, 0) is 37.3 Å². The highest BCUT2D eigenvalue weighted by Crippen LogP contribution is 2.23. The molecule has 0 aliphatic carbocycles. The number of hydrogen-bond donors (Lipinski definition) is 1. The van der Waals surface area contributed by atoms with Crippen molar-refractivity contribution in [3.8, 4) is 0 Å². The van der Waals surface area contributed by atoms with Gasteiger partial charge < -0.3 is 5.11 Å². The molecule has 0 aliphatic heterocycles. The fourth-order valence-corrected chi connectivity index (χ4v) is 1.64. The van der Waals surface area contributed by atoms with Crippen molar-refractivity contribution >= 4 is 0 Å². The zero-order valence-corrected chi connectivity index (χ0v) is 8.67. The Labute approximate surface area is 80.4 Å². The van der Waals surface area contributed by atoms with Crippen LogP contribution in [0.15, 0.2) is 18.2 Å². The number of aliphatic hydroxyl groups is 1. The summed E-state index contributed by atoms with van der Waals surface area (Å²) < 4.78 is 0. The van der Waals surface area contributed by atoms with E-state index < -0.39 is 0 Å². The van der Waals surface area contributed by atoms with Crippen molar-refractivity contribution in [1.29, 1.82) is 0 Å². The van der Waals surface area contributed by atoms with E-state index in [9.17, 15) is 0 Å². The van der Waals surface area contributed by atoms with Gasteiger partial charge in [0.2, 0.25) is 0 Å². The quantitative estimate of drug-likeness (QED) is 0.754. The molecule has 1 unspecified atom stereocenters. The van der Waals surface area contributed by atoms with Gasteiger partial charge in [-0.25, -0.2) is 0 Å². The van der Waals surface area contributed by atoms with Crippen molar-refractivity contribution in [3.05, 3.63) is 34.9 Å². The zero-order chi connectivity index (χ0) is 9.84. The van der Waals surface area contributed by atoms with Crippen molar-refractivity contribution in [1.82, 2.24) is 0 Å². The largest absolute Gasteiger partial charge is 0.396 e. The highest BCUT2D eigenvalue weighted by molar-refractivity contribution is 5.32. The second-order valence-corrected chi connectivity index (χ2v) is 3.77. The summed E-state index contributed by atoms with van der Waals surface area (Å²) in [6.45, 7) is 6.67. The summed E-state index contributed by atoms with van der Waals surface area (Å²) >= 11 is 0. The van der Waals surface area contributed by atoms with Gasteiger partial charge in [0.05, 0.1) is 0 Å². The van der Waals surface area contributed by atoms with E-state index in [1.807, 2.05) is 0 Å². The second kappa shape index (κ2) is 4.43. The van der Waals surface area contributed by atoms with Gasteiger partial charge in [-0.2, -0.15) is 0 Å². The molecule has 0 aliphatic rings. The van der Waals surface area contributed by atoms with Crippen molar-refractivity contribution in [2.24, 2.45) is 0 Å². The lowest BCUT2D eigenvalue weighted by atomic mass is 9.93. The van der Waals surface area contributed by atoms with Crippen LogP contribution in [0.2, 0.25) is 0 Å². The fourth-order valence-electron chi connectivity index (χ4n) is 1.64. The number of aryl methyl sites for hydroxylation is 2. The third kappa shape index (κ3) is 2.56. The Morgan fingerprint density at radius 3 is 2.62 bits per heavy atom. The van der Waals surface area contributed by atoms with Crippen molar-refractivity contribution in [2.75, 3.05) is 6.61 Å². The molecule has 0 spiro atoms. The number of benzene rings is 1. The second-order valence-electron chi connectivity index (χ2n) is 3.77. The molecular weight excluding hydrogens is 160 g/mol. The van der Waals surface area contributed by atoms with E-state index in [1.54, 1.807) is 0 Å². The monoisotopic (exact) mass is 178 g/mol. The van der Waals surface area contributed by atoms with Gasteiger partial charge in [-0.15, -0.1) is 0 Å². The maximum Gasteiger partial charge on any atom is 0.0436 e. The Bertz CT molecular complexity index is 278. The lowest BCUT2D eigenvalue weighted by molar-refractivity contribution is 0.278. The molecule has 0 fully saturated rings. The Kier molecular flexibility index (Phi) is 3.49. The zero-order valence-electron chi connectivity index (χ0n) is 8.67. The average molecular weight is 178 g/mol.